The first-order valence-corrected chi connectivity index (χ1v) is 9.75. The van der Waals surface area contributed by atoms with Gasteiger partial charge in [-0.25, -0.2) is 0 Å². The van der Waals surface area contributed by atoms with Crippen LogP contribution >= 0.6 is 22.9 Å². The number of halogens is 1. The highest BCUT2D eigenvalue weighted by atomic mass is 35.5. The fourth-order valence-electron chi connectivity index (χ4n) is 2.78. The molecule has 0 aliphatic heterocycles. The molecule has 2 heterocycles. The van der Waals surface area contributed by atoms with Crippen molar-refractivity contribution in [1.82, 2.24) is 19.8 Å². The molecule has 4 rings (SSSR count). The number of hydrogen-bond acceptors (Lipinski definition) is 6. The lowest BCUT2D eigenvalue weighted by Gasteiger charge is -2.10. The standard InChI is InChI=1S/C19H16ClN5O2S/c1-3-16-22-23-19-25(16)24-18(28-19)11-5-4-6-13(9-11)21-17(26)14-10-12(20)7-8-15(14)27-2/h4-10H,3H2,1-2H3,(H,21,26). The molecule has 0 aliphatic rings. The lowest BCUT2D eigenvalue weighted by atomic mass is 10.1. The van der Waals surface area contributed by atoms with Gasteiger partial charge in [-0.05, 0) is 30.3 Å². The summed E-state index contributed by atoms with van der Waals surface area (Å²) in [7, 11) is 1.51. The molecule has 0 atom stereocenters. The van der Waals surface area contributed by atoms with E-state index in [4.69, 9.17) is 16.3 Å². The number of nitrogens with zero attached hydrogens (tertiary/aromatic N) is 4. The number of fused-ring (bicyclic) bond motifs is 1. The van der Waals surface area contributed by atoms with Crippen molar-refractivity contribution < 1.29 is 9.53 Å². The summed E-state index contributed by atoms with van der Waals surface area (Å²) in [4.78, 5) is 13.4. The molecule has 4 aromatic rings. The van der Waals surface area contributed by atoms with Crippen LogP contribution in [0.25, 0.3) is 15.5 Å². The molecule has 7 nitrogen and oxygen atoms in total. The molecule has 0 spiro atoms. The van der Waals surface area contributed by atoms with Crippen LogP contribution < -0.4 is 10.1 Å². The van der Waals surface area contributed by atoms with E-state index in [-0.39, 0.29) is 5.91 Å². The minimum Gasteiger partial charge on any atom is -0.496 e. The van der Waals surface area contributed by atoms with Crippen molar-refractivity contribution >= 4 is 39.5 Å². The normalized spacial score (nSPS) is 11.0. The van der Waals surface area contributed by atoms with Gasteiger partial charge in [0.25, 0.3) is 5.91 Å². The van der Waals surface area contributed by atoms with E-state index in [9.17, 15) is 4.79 Å². The van der Waals surface area contributed by atoms with Gasteiger partial charge in [-0.15, -0.1) is 10.2 Å². The number of rotatable bonds is 5. The van der Waals surface area contributed by atoms with Gasteiger partial charge < -0.3 is 10.1 Å². The van der Waals surface area contributed by atoms with Gasteiger partial charge in [0.2, 0.25) is 4.96 Å². The van der Waals surface area contributed by atoms with Gasteiger partial charge in [0.05, 0.1) is 12.7 Å². The molecule has 0 radical (unpaired) electrons. The summed E-state index contributed by atoms with van der Waals surface area (Å²) in [5.74, 6) is 0.969. The third-order valence-corrected chi connectivity index (χ3v) is 5.33. The fraction of sp³-hybridized carbons (Fsp3) is 0.158. The van der Waals surface area contributed by atoms with Gasteiger partial charge in [-0.3, -0.25) is 4.79 Å². The second kappa shape index (κ2) is 7.57. The molecule has 0 fully saturated rings. The summed E-state index contributed by atoms with van der Waals surface area (Å²) < 4.78 is 7.01. The molecule has 0 saturated heterocycles. The number of aromatic nitrogens is 4. The number of nitrogens with one attached hydrogen (secondary N) is 1. The van der Waals surface area contributed by atoms with Crippen molar-refractivity contribution in [1.29, 1.82) is 0 Å². The van der Waals surface area contributed by atoms with Gasteiger partial charge >= 0.3 is 0 Å². The Labute approximate surface area is 169 Å². The molecule has 2 aromatic heterocycles. The number of benzene rings is 2. The highest BCUT2D eigenvalue weighted by Crippen LogP contribution is 2.28. The predicted molar refractivity (Wildman–Crippen MR) is 109 cm³/mol. The third kappa shape index (κ3) is 3.44. The van der Waals surface area contributed by atoms with E-state index in [0.29, 0.717) is 22.0 Å². The quantitative estimate of drug-likeness (QED) is 0.526. The van der Waals surface area contributed by atoms with Crippen LogP contribution in [-0.2, 0) is 6.42 Å². The van der Waals surface area contributed by atoms with Gasteiger partial charge in [0, 0.05) is 22.7 Å². The average Bonchev–Trinajstić information content (AvgIpc) is 3.28. The molecular weight excluding hydrogens is 398 g/mol. The molecule has 0 saturated carbocycles. The summed E-state index contributed by atoms with van der Waals surface area (Å²) in [5, 5.41) is 17.0. The Balaban J connectivity index is 1.62. The first-order chi connectivity index (χ1) is 13.6. The topological polar surface area (TPSA) is 81.4 Å². The molecule has 142 valence electrons. The maximum atomic E-state index is 12.7. The summed E-state index contributed by atoms with van der Waals surface area (Å²) in [5.41, 5.74) is 1.89. The zero-order valence-corrected chi connectivity index (χ0v) is 16.7. The Morgan fingerprint density at radius 2 is 2.11 bits per heavy atom. The second-order valence-corrected chi connectivity index (χ2v) is 7.34. The van der Waals surface area contributed by atoms with Crippen LogP contribution in [0.2, 0.25) is 5.02 Å². The zero-order chi connectivity index (χ0) is 19.7. The van der Waals surface area contributed by atoms with Crippen molar-refractivity contribution in [2.45, 2.75) is 13.3 Å². The maximum absolute atomic E-state index is 12.7. The molecule has 1 amide bonds. The van der Waals surface area contributed by atoms with Crippen molar-refractivity contribution in [2.24, 2.45) is 0 Å². The number of aryl methyl sites for hydroxylation is 1. The smallest absolute Gasteiger partial charge is 0.259 e. The Hall–Kier alpha value is -2.97. The minimum atomic E-state index is -0.303. The van der Waals surface area contributed by atoms with Crippen LogP contribution in [-0.4, -0.2) is 32.8 Å². The summed E-state index contributed by atoms with van der Waals surface area (Å²) in [6.45, 7) is 2.01. The second-order valence-electron chi connectivity index (χ2n) is 5.95. The number of carbonyl (C=O) groups is 1. The Bertz CT molecular complexity index is 1170. The third-order valence-electron chi connectivity index (χ3n) is 4.15. The molecule has 0 unspecified atom stereocenters. The Morgan fingerprint density at radius 3 is 2.89 bits per heavy atom. The molecule has 1 N–H and O–H groups in total. The van der Waals surface area contributed by atoms with Crippen LogP contribution in [0.1, 0.15) is 23.1 Å². The number of hydrogen-bond donors (Lipinski definition) is 1. The van der Waals surface area contributed by atoms with Gasteiger partial charge in [-0.2, -0.15) is 9.61 Å². The molecular formula is C19H16ClN5O2S. The number of anilines is 1. The molecule has 9 heteroatoms. The average molecular weight is 414 g/mol. The molecule has 0 bridgehead atoms. The molecule has 2 aromatic carbocycles. The van der Waals surface area contributed by atoms with Crippen molar-refractivity contribution in [3.05, 3.63) is 58.9 Å². The van der Waals surface area contributed by atoms with Crippen LogP contribution in [0.15, 0.2) is 42.5 Å². The lowest BCUT2D eigenvalue weighted by molar-refractivity contribution is 0.102. The van der Waals surface area contributed by atoms with E-state index < -0.39 is 0 Å². The predicted octanol–water partition coefficient (Wildman–Crippen LogP) is 4.33. The number of amides is 1. The SMILES string of the molecule is CCc1nnc2sc(-c3cccc(NC(=O)c4cc(Cl)ccc4OC)c3)nn12. The highest BCUT2D eigenvalue weighted by molar-refractivity contribution is 7.19. The Kier molecular flexibility index (Phi) is 4.97. The first kappa shape index (κ1) is 18.4. The van der Waals surface area contributed by atoms with E-state index in [1.54, 1.807) is 22.7 Å². The van der Waals surface area contributed by atoms with Crippen molar-refractivity contribution in [3.8, 4) is 16.3 Å². The largest absolute Gasteiger partial charge is 0.496 e. The van der Waals surface area contributed by atoms with Crippen molar-refractivity contribution in [3.63, 3.8) is 0 Å². The monoisotopic (exact) mass is 413 g/mol. The van der Waals surface area contributed by atoms with Gasteiger partial charge in [-0.1, -0.05) is 42.0 Å². The van der Waals surface area contributed by atoms with Crippen molar-refractivity contribution in [2.75, 3.05) is 12.4 Å². The van der Waals surface area contributed by atoms with Crippen LogP contribution in [0.3, 0.4) is 0 Å². The van der Waals surface area contributed by atoms with E-state index in [1.165, 1.54) is 18.4 Å². The molecule has 28 heavy (non-hydrogen) atoms. The van der Waals surface area contributed by atoms with Crippen LogP contribution in [0.5, 0.6) is 5.75 Å². The van der Waals surface area contributed by atoms with E-state index in [0.717, 1.165) is 27.8 Å². The highest BCUT2D eigenvalue weighted by Gasteiger charge is 2.15. The Morgan fingerprint density at radius 1 is 1.25 bits per heavy atom. The summed E-state index contributed by atoms with van der Waals surface area (Å²) in [6, 6.07) is 12.4. The lowest BCUT2D eigenvalue weighted by Crippen LogP contribution is -2.13. The number of carbonyl (C=O) groups excluding carboxylic acids is 1. The van der Waals surface area contributed by atoms with Crippen LogP contribution in [0, 0.1) is 0 Å². The first-order valence-electron chi connectivity index (χ1n) is 8.55. The number of ether oxygens (including phenoxy) is 1. The zero-order valence-electron chi connectivity index (χ0n) is 15.1. The van der Waals surface area contributed by atoms with E-state index in [1.807, 2.05) is 31.2 Å². The summed E-state index contributed by atoms with van der Waals surface area (Å²) in [6.07, 6.45) is 0.752. The fourth-order valence-corrected chi connectivity index (χ4v) is 3.81. The van der Waals surface area contributed by atoms with Gasteiger partial charge in [0.15, 0.2) is 5.82 Å². The summed E-state index contributed by atoms with van der Waals surface area (Å²) >= 11 is 7.47. The van der Waals surface area contributed by atoms with Gasteiger partial charge in [0.1, 0.15) is 10.8 Å². The molecule has 0 aliphatic carbocycles. The number of methoxy groups -OCH3 is 1. The maximum Gasteiger partial charge on any atom is 0.259 e. The van der Waals surface area contributed by atoms with E-state index in [2.05, 4.69) is 20.6 Å². The van der Waals surface area contributed by atoms with Crippen LogP contribution in [0.4, 0.5) is 5.69 Å². The minimum absolute atomic E-state index is 0.303. The van der Waals surface area contributed by atoms with E-state index >= 15 is 0 Å².